The first-order chi connectivity index (χ1) is 9.77. The van der Waals surface area contributed by atoms with E-state index in [-0.39, 0.29) is 6.42 Å². The van der Waals surface area contributed by atoms with Gasteiger partial charge in [-0.1, -0.05) is 35.8 Å². The van der Waals surface area contributed by atoms with Gasteiger partial charge in [-0.15, -0.1) is 10.2 Å². The van der Waals surface area contributed by atoms with Crippen LogP contribution in [0.2, 0.25) is 0 Å². The normalized spacial score (nSPS) is 11.6. The summed E-state index contributed by atoms with van der Waals surface area (Å²) in [5, 5.41) is 17.0. The molecule has 0 aliphatic carbocycles. The summed E-state index contributed by atoms with van der Waals surface area (Å²) >= 11 is 3.42. The molecule has 1 aromatic heterocycles. The summed E-state index contributed by atoms with van der Waals surface area (Å²) in [5.41, 5.74) is 1.49. The Morgan fingerprint density at radius 1 is 1.38 bits per heavy atom. The van der Waals surface area contributed by atoms with Gasteiger partial charge in [-0.05, 0) is 30.0 Å². The van der Waals surface area contributed by atoms with Gasteiger partial charge in [-0.3, -0.25) is 4.79 Å². The zero-order chi connectivity index (χ0) is 15.6. The number of carboxylic acid groups (broad SMARTS) is 1. The number of nitrogens with zero attached hydrogens (tertiary/aromatic N) is 2. The van der Waals surface area contributed by atoms with E-state index in [4.69, 9.17) is 9.52 Å². The number of aryl methyl sites for hydroxylation is 1. The fourth-order valence-electron chi connectivity index (χ4n) is 2.14. The standard InChI is InChI=1S/C15H17BrN2O3/c1-9-4-5-10(16)6-11(9)14-18-17-12(21-14)7-15(2,3)8-13(19)20/h4-6H,7-8H2,1-3H3,(H,19,20). The smallest absolute Gasteiger partial charge is 0.303 e. The van der Waals surface area contributed by atoms with Crippen LogP contribution >= 0.6 is 15.9 Å². The number of halogens is 1. The lowest BCUT2D eigenvalue weighted by Crippen LogP contribution is -2.19. The van der Waals surface area contributed by atoms with Gasteiger partial charge < -0.3 is 9.52 Å². The van der Waals surface area contributed by atoms with Gasteiger partial charge >= 0.3 is 5.97 Å². The molecule has 2 rings (SSSR count). The second kappa shape index (κ2) is 5.97. The molecule has 21 heavy (non-hydrogen) atoms. The lowest BCUT2D eigenvalue weighted by molar-refractivity contribution is -0.139. The summed E-state index contributed by atoms with van der Waals surface area (Å²) in [4.78, 5) is 10.8. The Labute approximate surface area is 131 Å². The van der Waals surface area contributed by atoms with Gasteiger partial charge in [-0.2, -0.15) is 0 Å². The number of aromatic nitrogens is 2. The molecule has 0 saturated carbocycles. The molecule has 6 heteroatoms. The number of rotatable bonds is 5. The maximum Gasteiger partial charge on any atom is 0.303 e. The van der Waals surface area contributed by atoms with Crippen molar-refractivity contribution in [3.8, 4) is 11.5 Å². The molecule has 5 nitrogen and oxygen atoms in total. The molecular weight excluding hydrogens is 336 g/mol. The van der Waals surface area contributed by atoms with E-state index in [2.05, 4.69) is 26.1 Å². The molecule has 112 valence electrons. The zero-order valence-corrected chi connectivity index (χ0v) is 13.8. The summed E-state index contributed by atoms with van der Waals surface area (Å²) in [6.45, 7) is 5.71. The molecule has 1 N–H and O–H groups in total. The number of carboxylic acids is 1. The van der Waals surface area contributed by atoms with E-state index in [9.17, 15) is 4.79 Å². The Morgan fingerprint density at radius 3 is 2.76 bits per heavy atom. The largest absolute Gasteiger partial charge is 0.481 e. The first kappa shape index (κ1) is 15.7. The lowest BCUT2D eigenvalue weighted by Gasteiger charge is -2.19. The predicted molar refractivity (Wildman–Crippen MR) is 81.9 cm³/mol. The topological polar surface area (TPSA) is 76.2 Å². The highest BCUT2D eigenvalue weighted by Gasteiger charge is 2.25. The van der Waals surface area contributed by atoms with Crippen LogP contribution in [0.5, 0.6) is 0 Å². The molecule has 0 aliphatic rings. The predicted octanol–water partition coefficient (Wildman–Crippen LogP) is 3.85. The molecule has 1 heterocycles. The van der Waals surface area contributed by atoms with Gasteiger partial charge in [-0.25, -0.2) is 0 Å². The minimum atomic E-state index is -0.831. The zero-order valence-electron chi connectivity index (χ0n) is 12.2. The molecule has 2 aromatic rings. The maximum absolute atomic E-state index is 10.8. The molecule has 0 spiro atoms. The maximum atomic E-state index is 10.8. The highest BCUT2D eigenvalue weighted by molar-refractivity contribution is 9.10. The average molecular weight is 353 g/mol. The van der Waals surface area contributed by atoms with Crippen molar-refractivity contribution in [2.45, 2.75) is 33.6 Å². The van der Waals surface area contributed by atoms with Crippen LogP contribution < -0.4 is 0 Å². The fourth-order valence-corrected chi connectivity index (χ4v) is 2.50. The van der Waals surface area contributed by atoms with Crippen molar-refractivity contribution in [3.05, 3.63) is 34.1 Å². The lowest BCUT2D eigenvalue weighted by atomic mass is 9.86. The van der Waals surface area contributed by atoms with E-state index in [1.807, 2.05) is 39.0 Å². The highest BCUT2D eigenvalue weighted by atomic mass is 79.9. The van der Waals surface area contributed by atoms with Crippen LogP contribution in [0.4, 0.5) is 0 Å². The monoisotopic (exact) mass is 352 g/mol. The van der Waals surface area contributed by atoms with Crippen molar-refractivity contribution < 1.29 is 14.3 Å². The molecule has 0 radical (unpaired) electrons. The summed E-state index contributed by atoms with van der Waals surface area (Å²) in [6, 6.07) is 5.85. The Bertz CT molecular complexity index is 665. The van der Waals surface area contributed by atoms with Crippen LogP contribution in [0, 0.1) is 12.3 Å². The molecule has 1 aromatic carbocycles. The molecule has 0 unspecified atom stereocenters. The van der Waals surface area contributed by atoms with E-state index in [1.54, 1.807) is 0 Å². The highest BCUT2D eigenvalue weighted by Crippen LogP contribution is 2.29. The second-order valence-corrected chi connectivity index (χ2v) is 6.79. The van der Waals surface area contributed by atoms with Gasteiger partial charge in [0, 0.05) is 16.5 Å². The van der Waals surface area contributed by atoms with Crippen molar-refractivity contribution in [2.75, 3.05) is 0 Å². The van der Waals surface area contributed by atoms with Crippen LogP contribution in [-0.4, -0.2) is 21.3 Å². The van der Waals surface area contributed by atoms with Crippen molar-refractivity contribution in [1.29, 1.82) is 0 Å². The van der Waals surface area contributed by atoms with Gasteiger partial charge in [0.2, 0.25) is 11.8 Å². The van der Waals surface area contributed by atoms with Crippen LogP contribution in [0.3, 0.4) is 0 Å². The number of carbonyl (C=O) groups is 1. The summed E-state index contributed by atoms with van der Waals surface area (Å²) in [7, 11) is 0. The number of hydrogen-bond donors (Lipinski definition) is 1. The van der Waals surface area contributed by atoms with Gasteiger partial charge in [0.25, 0.3) is 0 Å². The first-order valence-corrected chi connectivity index (χ1v) is 7.37. The van der Waals surface area contributed by atoms with Crippen molar-refractivity contribution in [3.63, 3.8) is 0 Å². The Morgan fingerprint density at radius 2 is 2.10 bits per heavy atom. The number of aliphatic carboxylic acids is 1. The van der Waals surface area contributed by atoms with Crippen molar-refractivity contribution in [2.24, 2.45) is 5.41 Å². The van der Waals surface area contributed by atoms with Gasteiger partial charge in [0.1, 0.15) is 0 Å². The molecule has 0 aliphatic heterocycles. The van der Waals surface area contributed by atoms with Crippen molar-refractivity contribution in [1.82, 2.24) is 10.2 Å². The minimum Gasteiger partial charge on any atom is -0.481 e. The third-order valence-corrected chi connectivity index (χ3v) is 3.65. The summed E-state index contributed by atoms with van der Waals surface area (Å²) < 4.78 is 6.63. The first-order valence-electron chi connectivity index (χ1n) is 6.57. The third-order valence-electron chi connectivity index (χ3n) is 3.16. The van der Waals surface area contributed by atoms with Crippen LogP contribution in [0.1, 0.15) is 31.7 Å². The Hall–Kier alpha value is -1.69. The molecule has 0 atom stereocenters. The molecule has 0 bridgehead atoms. The van der Waals surface area contributed by atoms with E-state index < -0.39 is 11.4 Å². The number of benzene rings is 1. The molecule has 0 amide bonds. The van der Waals surface area contributed by atoms with Crippen LogP contribution in [-0.2, 0) is 11.2 Å². The molecule has 0 saturated heterocycles. The average Bonchev–Trinajstić information content (AvgIpc) is 2.78. The van der Waals surface area contributed by atoms with Crippen molar-refractivity contribution >= 4 is 21.9 Å². The van der Waals surface area contributed by atoms with Crippen LogP contribution in [0.15, 0.2) is 27.1 Å². The molecular formula is C15H17BrN2O3. The minimum absolute atomic E-state index is 0.0562. The van der Waals surface area contributed by atoms with E-state index in [0.29, 0.717) is 18.2 Å². The Kier molecular flexibility index (Phi) is 4.46. The SMILES string of the molecule is Cc1ccc(Br)cc1-c1nnc(CC(C)(C)CC(=O)O)o1. The Balaban J connectivity index is 2.22. The van der Waals surface area contributed by atoms with E-state index >= 15 is 0 Å². The molecule has 0 fully saturated rings. The van der Waals surface area contributed by atoms with E-state index in [0.717, 1.165) is 15.6 Å². The fraction of sp³-hybridized carbons (Fsp3) is 0.400. The van der Waals surface area contributed by atoms with Crippen LogP contribution in [0.25, 0.3) is 11.5 Å². The van der Waals surface area contributed by atoms with Gasteiger partial charge in [0.05, 0.1) is 6.42 Å². The summed E-state index contributed by atoms with van der Waals surface area (Å²) in [5.74, 6) is 0.0770. The number of hydrogen-bond acceptors (Lipinski definition) is 4. The summed E-state index contributed by atoms with van der Waals surface area (Å²) in [6.07, 6.45) is 0.486. The van der Waals surface area contributed by atoms with Gasteiger partial charge in [0.15, 0.2) is 0 Å². The quantitative estimate of drug-likeness (QED) is 0.884. The second-order valence-electron chi connectivity index (χ2n) is 5.87. The van der Waals surface area contributed by atoms with E-state index in [1.165, 1.54) is 0 Å². The third kappa shape index (κ3) is 4.14.